The van der Waals surface area contributed by atoms with E-state index in [2.05, 4.69) is 4.42 Å². The van der Waals surface area contributed by atoms with E-state index in [0.717, 1.165) is 6.07 Å². The Morgan fingerprint density at radius 3 is 2.42 bits per heavy atom. The second kappa shape index (κ2) is 3.18. The number of rotatable bonds is 2. The minimum atomic E-state index is -4.40. The fraction of sp³-hybridized carbons (Fsp3) is 0.429. The highest BCUT2D eigenvalue weighted by molar-refractivity contribution is 5.09. The van der Waals surface area contributed by atoms with Crippen LogP contribution in [0.5, 0.6) is 0 Å². The number of alkyl halides is 3. The zero-order valence-corrected chi connectivity index (χ0v) is 6.19. The van der Waals surface area contributed by atoms with Gasteiger partial charge < -0.3 is 10.2 Å². The largest absolute Gasteiger partial charge is 0.456 e. The van der Waals surface area contributed by atoms with Gasteiger partial charge in [-0.3, -0.25) is 0 Å². The average molecular weight is 179 g/mol. The van der Waals surface area contributed by atoms with Gasteiger partial charge >= 0.3 is 6.18 Å². The molecular weight excluding hydrogens is 171 g/mol. The normalized spacial score (nSPS) is 12.0. The Hall–Kier alpha value is -0.970. The van der Waals surface area contributed by atoms with Crippen molar-refractivity contribution in [3.8, 4) is 0 Å². The molecule has 12 heavy (non-hydrogen) atoms. The number of hydrogen-bond donors (Lipinski definition) is 1. The fourth-order valence-corrected chi connectivity index (χ4v) is 0.807. The highest BCUT2D eigenvalue weighted by Crippen LogP contribution is 2.30. The van der Waals surface area contributed by atoms with Crippen molar-refractivity contribution in [3.05, 3.63) is 23.7 Å². The van der Waals surface area contributed by atoms with E-state index in [1.165, 1.54) is 6.07 Å². The van der Waals surface area contributed by atoms with Crippen molar-refractivity contribution >= 4 is 0 Å². The summed E-state index contributed by atoms with van der Waals surface area (Å²) in [5.74, 6) is -0.698. The molecule has 0 atom stereocenters. The van der Waals surface area contributed by atoms with Crippen LogP contribution < -0.4 is 5.73 Å². The van der Waals surface area contributed by atoms with Crippen LogP contribution in [0.1, 0.15) is 11.5 Å². The molecule has 0 saturated heterocycles. The minimum absolute atomic E-state index is 0.268. The van der Waals surface area contributed by atoms with Gasteiger partial charge in [-0.25, -0.2) is 0 Å². The van der Waals surface area contributed by atoms with Gasteiger partial charge in [0.2, 0.25) is 5.76 Å². The van der Waals surface area contributed by atoms with Crippen LogP contribution in [-0.4, -0.2) is 6.54 Å². The van der Waals surface area contributed by atoms with E-state index in [-0.39, 0.29) is 12.3 Å². The van der Waals surface area contributed by atoms with E-state index >= 15 is 0 Å². The standard InChI is InChI=1S/C7H8F3NO/c8-7(9,10)6-2-1-5(12-6)3-4-11/h1-2H,3-4,11H2. The molecule has 68 valence electrons. The average Bonchev–Trinajstić information content (AvgIpc) is 2.35. The van der Waals surface area contributed by atoms with Gasteiger partial charge in [-0.1, -0.05) is 0 Å². The fourth-order valence-electron chi connectivity index (χ4n) is 0.807. The first-order chi connectivity index (χ1) is 5.54. The van der Waals surface area contributed by atoms with Crippen LogP contribution in [0.15, 0.2) is 16.5 Å². The Bertz CT molecular complexity index is 253. The molecule has 2 nitrogen and oxygen atoms in total. The summed E-state index contributed by atoms with van der Waals surface area (Å²) in [6.07, 6.45) is -4.07. The van der Waals surface area contributed by atoms with Gasteiger partial charge in [-0.15, -0.1) is 0 Å². The van der Waals surface area contributed by atoms with Gasteiger partial charge in [-0.2, -0.15) is 13.2 Å². The molecule has 5 heteroatoms. The maximum Gasteiger partial charge on any atom is 0.449 e. The van der Waals surface area contributed by atoms with Crippen LogP contribution in [0.25, 0.3) is 0 Å². The summed E-state index contributed by atoms with van der Waals surface area (Å²) in [5.41, 5.74) is 5.14. The van der Waals surface area contributed by atoms with E-state index in [9.17, 15) is 13.2 Å². The van der Waals surface area contributed by atoms with Gasteiger partial charge in [0.15, 0.2) is 0 Å². The van der Waals surface area contributed by atoms with Crippen LogP contribution in [0.4, 0.5) is 13.2 Å². The first kappa shape index (κ1) is 9.12. The molecule has 0 aromatic carbocycles. The summed E-state index contributed by atoms with van der Waals surface area (Å²) in [4.78, 5) is 0. The Morgan fingerprint density at radius 2 is 2.00 bits per heavy atom. The van der Waals surface area contributed by atoms with Gasteiger partial charge in [-0.05, 0) is 18.7 Å². The van der Waals surface area contributed by atoms with E-state index in [4.69, 9.17) is 5.73 Å². The lowest BCUT2D eigenvalue weighted by Crippen LogP contribution is -2.03. The second-order valence-corrected chi connectivity index (χ2v) is 2.30. The topological polar surface area (TPSA) is 39.2 Å². The monoisotopic (exact) mass is 179 g/mol. The van der Waals surface area contributed by atoms with Crippen LogP contribution >= 0.6 is 0 Å². The van der Waals surface area contributed by atoms with E-state index in [1.54, 1.807) is 0 Å². The predicted molar refractivity (Wildman–Crippen MR) is 36.5 cm³/mol. The minimum Gasteiger partial charge on any atom is -0.456 e. The molecule has 0 amide bonds. The third-order valence-corrected chi connectivity index (χ3v) is 1.33. The summed E-state index contributed by atoms with van der Waals surface area (Å²) in [6.45, 7) is 0.283. The molecule has 0 fully saturated rings. The van der Waals surface area contributed by atoms with Crippen molar-refractivity contribution in [1.29, 1.82) is 0 Å². The molecule has 0 spiro atoms. The molecule has 1 aromatic heterocycles. The first-order valence-corrected chi connectivity index (χ1v) is 3.40. The van der Waals surface area contributed by atoms with Crippen LogP contribution in [0.2, 0.25) is 0 Å². The maximum absolute atomic E-state index is 11.9. The summed E-state index contributed by atoms with van der Waals surface area (Å²) in [6, 6.07) is 2.20. The number of furan rings is 1. The lowest BCUT2D eigenvalue weighted by molar-refractivity contribution is -0.153. The molecule has 1 heterocycles. The van der Waals surface area contributed by atoms with Gasteiger partial charge in [0.05, 0.1) is 0 Å². The lowest BCUT2D eigenvalue weighted by atomic mass is 10.3. The van der Waals surface area contributed by atoms with Gasteiger partial charge in [0.25, 0.3) is 0 Å². The van der Waals surface area contributed by atoms with Crippen molar-refractivity contribution in [2.45, 2.75) is 12.6 Å². The lowest BCUT2D eigenvalue weighted by Gasteiger charge is -2.00. The third kappa shape index (κ3) is 2.01. The van der Waals surface area contributed by atoms with Crippen molar-refractivity contribution in [2.24, 2.45) is 5.73 Å². The molecular formula is C7H8F3NO. The van der Waals surface area contributed by atoms with Gasteiger partial charge in [0, 0.05) is 6.42 Å². The molecule has 0 aliphatic carbocycles. The number of nitrogens with two attached hydrogens (primary N) is 1. The van der Waals surface area contributed by atoms with Crippen molar-refractivity contribution < 1.29 is 17.6 Å². The molecule has 0 saturated carbocycles. The quantitative estimate of drug-likeness (QED) is 0.751. The second-order valence-electron chi connectivity index (χ2n) is 2.30. The first-order valence-electron chi connectivity index (χ1n) is 3.40. The van der Waals surface area contributed by atoms with Crippen molar-refractivity contribution in [1.82, 2.24) is 0 Å². The molecule has 2 N–H and O–H groups in total. The van der Waals surface area contributed by atoms with E-state index < -0.39 is 11.9 Å². The smallest absolute Gasteiger partial charge is 0.449 e. The predicted octanol–water partition coefficient (Wildman–Crippen LogP) is 1.80. The molecule has 0 aliphatic heterocycles. The SMILES string of the molecule is NCCc1ccc(C(F)(F)F)o1. The van der Waals surface area contributed by atoms with Crippen molar-refractivity contribution in [2.75, 3.05) is 6.54 Å². The van der Waals surface area contributed by atoms with Gasteiger partial charge in [0.1, 0.15) is 5.76 Å². The summed E-state index contributed by atoms with van der Waals surface area (Å²) in [7, 11) is 0. The summed E-state index contributed by atoms with van der Waals surface area (Å²) < 4.78 is 40.2. The summed E-state index contributed by atoms with van der Waals surface area (Å²) in [5, 5.41) is 0. The highest BCUT2D eigenvalue weighted by Gasteiger charge is 2.34. The molecule has 0 radical (unpaired) electrons. The van der Waals surface area contributed by atoms with Crippen LogP contribution in [-0.2, 0) is 12.6 Å². The molecule has 0 aliphatic rings. The molecule has 1 rings (SSSR count). The Morgan fingerprint density at radius 1 is 1.33 bits per heavy atom. The van der Waals surface area contributed by atoms with Crippen LogP contribution in [0, 0.1) is 0 Å². The Labute approximate surface area is 67.2 Å². The number of hydrogen-bond acceptors (Lipinski definition) is 2. The Kier molecular flexibility index (Phi) is 2.42. The Balaban J connectivity index is 2.77. The van der Waals surface area contributed by atoms with Crippen molar-refractivity contribution in [3.63, 3.8) is 0 Å². The molecule has 0 unspecified atom stereocenters. The maximum atomic E-state index is 11.9. The van der Waals surface area contributed by atoms with Crippen LogP contribution in [0.3, 0.4) is 0 Å². The number of halogens is 3. The zero-order chi connectivity index (χ0) is 9.19. The van der Waals surface area contributed by atoms with E-state index in [0.29, 0.717) is 6.42 Å². The third-order valence-electron chi connectivity index (χ3n) is 1.33. The molecule has 0 bridgehead atoms. The van der Waals surface area contributed by atoms with E-state index in [1.807, 2.05) is 0 Å². The summed E-state index contributed by atoms with van der Waals surface area (Å²) >= 11 is 0. The zero-order valence-electron chi connectivity index (χ0n) is 6.19. The molecule has 1 aromatic rings. The highest BCUT2D eigenvalue weighted by atomic mass is 19.4.